The van der Waals surface area contributed by atoms with E-state index in [9.17, 15) is 9.59 Å². The van der Waals surface area contributed by atoms with E-state index in [2.05, 4.69) is 9.97 Å². The number of carbonyl (C=O) groups excluding carboxylic acids is 2. The van der Waals surface area contributed by atoms with Gasteiger partial charge in [-0.2, -0.15) is 0 Å². The second-order valence-electron chi connectivity index (χ2n) is 6.29. The van der Waals surface area contributed by atoms with Gasteiger partial charge in [0.2, 0.25) is 0 Å². The summed E-state index contributed by atoms with van der Waals surface area (Å²) >= 11 is 1.25. The molecule has 25 heavy (non-hydrogen) atoms. The number of ketones is 1. The fourth-order valence-corrected chi connectivity index (χ4v) is 3.78. The number of Topliss-reactive ketones (excluding diaryl/α,β-unsaturated/α-hetero) is 1. The number of amides is 1. The minimum absolute atomic E-state index is 0.0177. The summed E-state index contributed by atoms with van der Waals surface area (Å²) in [5, 5.41) is 0. The van der Waals surface area contributed by atoms with E-state index in [0.29, 0.717) is 28.9 Å². The highest BCUT2D eigenvalue weighted by molar-refractivity contribution is 7.15. The Kier molecular flexibility index (Phi) is 5.13. The number of rotatable bonds is 4. The summed E-state index contributed by atoms with van der Waals surface area (Å²) in [5.41, 5.74) is 1.73. The average Bonchev–Trinajstić information content (AvgIpc) is 3.03. The summed E-state index contributed by atoms with van der Waals surface area (Å²) in [6, 6.07) is 5.70. The molecule has 0 radical (unpaired) electrons. The second-order valence-corrected chi connectivity index (χ2v) is 7.37. The van der Waals surface area contributed by atoms with Crippen LogP contribution in [0.1, 0.15) is 50.5 Å². The molecule has 0 bridgehead atoms. The van der Waals surface area contributed by atoms with E-state index >= 15 is 0 Å². The standard InChI is InChI=1S/C18H21N3O3S/c1-11-9-12(2)20-18(19-11)24-14-5-4-8-21(10-14)17(23)16-7-6-15(25-16)13(3)22/h6-7,9,14H,4-5,8,10H2,1-3H3. The van der Waals surface area contributed by atoms with Crippen LogP contribution >= 0.6 is 11.3 Å². The second kappa shape index (κ2) is 7.31. The van der Waals surface area contributed by atoms with E-state index in [1.807, 2.05) is 19.9 Å². The third-order valence-corrected chi connectivity index (χ3v) is 5.24. The van der Waals surface area contributed by atoms with E-state index in [1.165, 1.54) is 18.3 Å². The molecular weight excluding hydrogens is 338 g/mol. The van der Waals surface area contributed by atoms with Crippen LogP contribution in [-0.4, -0.2) is 45.8 Å². The topological polar surface area (TPSA) is 72.4 Å². The molecule has 7 heteroatoms. The van der Waals surface area contributed by atoms with Gasteiger partial charge in [0.15, 0.2) is 5.78 Å². The van der Waals surface area contributed by atoms with Crippen LogP contribution in [0.15, 0.2) is 18.2 Å². The largest absolute Gasteiger partial charge is 0.458 e. The van der Waals surface area contributed by atoms with Crippen molar-refractivity contribution in [2.24, 2.45) is 0 Å². The van der Waals surface area contributed by atoms with Gasteiger partial charge in [-0.25, -0.2) is 9.97 Å². The van der Waals surface area contributed by atoms with E-state index in [-0.39, 0.29) is 17.8 Å². The van der Waals surface area contributed by atoms with E-state index in [4.69, 9.17) is 4.74 Å². The van der Waals surface area contributed by atoms with Gasteiger partial charge in [0.05, 0.1) is 16.3 Å². The molecule has 132 valence electrons. The van der Waals surface area contributed by atoms with Gasteiger partial charge in [0.1, 0.15) is 6.10 Å². The first-order valence-corrected chi connectivity index (χ1v) is 9.13. The molecule has 1 aliphatic heterocycles. The first-order valence-electron chi connectivity index (χ1n) is 8.31. The molecule has 0 aromatic carbocycles. The number of nitrogens with zero attached hydrogens (tertiary/aromatic N) is 3. The molecule has 1 saturated heterocycles. The van der Waals surface area contributed by atoms with Crippen molar-refractivity contribution in [3.05, 3.63) is 39.3 Å². The number of hydrogen-bond acceptors (Lipinski definition) is 6. The van der Waals surface area contributed by atoms with Crippen LogP contribution in [0.25, 0.3) is 0 Å². The van der Waals surface area contributed by atoms with Crippen molar-refractivity contribution < 1.29 is 14.3 Å². The summed E-state index contributed by atoms with van der Waals surface area (Å²) in [5.74, 6) is -0.0667. The lowest BCUT2D eigenvalue weighted by molar-refractivity contribution is 0.0519. The number of piperidine rings is 1. The molecule has 2 aromatic heterocycles. The number of carbonyl (C=O) groups is 2. The molecule has 0 aliphatic carbocycles. The monoisotopic (exact) mass is 359 g/mol. The quantitative estimate of drug-likeness (QED) is 0.785. The van der Waals surface area contributed by atoms with Crippen LogP contribution in [0.3, 0.4) is 0 Å². The van der Waals surface area contributed by atoms with Crippen molar-refractivity contribution in [3.8, 4) is 6.01 Å². The molecule has 1 aliphatic rings. The van der Waals surface area contributed by atoms with Gasteiger partial charge in [0, 0.05) is 17.9 Å². The van der Waals surface area contributed by atoms with Gasteiger partial charge < -0.3 is 9.64 Å². The van der Waals surface area contributed by atoms with E-state index < -0.39 is 0 Å². The molecule has 0 saturated carbocycles. The molecule has 0 N–H and O–H groups in total. The molecular formula is C18H21N3O3S. The van der Waals surface area contributed by atoms with Crippen molar-refractivity contribution in [1.29, 1.82) is 0 Å². The summed E-state index contributed by atoms with van der Waals surface area (Å²) in [6.45, 7) is 6.51. The van der Waals surface area contributed by atoms with Crippen LogP contribution in [-0.2, 0) is 0 Å². The number of hydrogen-bond donors (Lipinski definition) is 0. The van der Waals surface area contributed by atoms with Crippen LogP contribution in [0.5, 0.6) is 6.01 Å². The Morgan fingerprint density at radius 3 is 2.52 bits per heavy atom. The Balaban J connectivity index is 1.67. The zero-order valence-electron chi connectivity index (χ0n) is 14.6. The Bertz CT molecular complexity index is 782. The Morgan fingerprint density at radius 1 is 1.20 bits per heavy atom. The number of likely N-dealkylation sites (tertiary alicyclic amines) is 1. The highest BCUT2D eigenvalue weighted by Gasteiger charge is 2.27. The van der Waals surface area contributed by atoms with Gasteiger partial charge in [0.25, 0.3) is 5.91 Å². The maximum atomic E-state index is 12.7. The molecule has 2 aromatic rings. The Morgan fingerprint density at radius 2 is 1.88 bits per heavy atom. The minimum atomic E-state index is -0.119. The highest BCUT2D eigenvalue weighted by atomic mass is 32.1. The summed E-state index contributed by atoms with van der Waals surface area (Å²) in [4.78, 5) is 35.7. The zero-order valence-corrected chi connectivity index (χ0v) is 15.4. The summed E-state index contributed by atoms with van der Waals surface area (Å²) in [7, 11) is 0. The zero-order chi connectivity index (χ0) is 18.0. The minimum Gasteiger partial charge on any atom is -0.458 e. The molecule has 3 rings (SSSR count). The third-order valence-electron chi connectivity index (χ3n) is 4.06. The van der Waals surface area contributed by atoms with Crippen molar-refractivity contribution in [1.82, 2.24) is 14.9 Å². The summed E-state index contributed by atoms with van der Waals surface area (Å²) in [6.07, 6.45) is 1.61. The smallest absolute Gasteiger partial charge is 0.317 e. The Hall–Kier alpha value is -2.28. The van der Waals surface area contributed by atoms with Gasteiger partial charge >= 0.3 is 6.01 Å². The van der Waals surface area contributed by atoms with Crippen LogP contribution in [0, 0.1) is 13.8 Å². The molecule has 1 fully saturated rings. The van der Waals surface area contributed by atoms with Crippen molar-refractivity contribution in [3.63, 3.8) is 0 Å². The average molecular weight is 359 g/mol. The van der Waals surface area contributed by atoms with Crippen molar-refractivity contribution >= 4 is 23.0 Å². The molecule has 0 spiro atoms. The number of ether oxygens (including phenoxy) is 1. The van der Waals surface area contributed by atoms with Gasteiger partial charge in [-0.05, 0) is 51.8 Å². The maximum absolute atomic E-state index is 12.7. The fraction of sp³-hybridized carbons (Fsp3) is 0.444. The van der Waals surface area contributed by atoms with Gasteiger partial charge in [-0.15, -0.1) is 11.3 Å². The van der Waals surface area contributed by atoms with E-state index in [1.54, 1.807) is 17.0 Å². The highest BCUT2D eigenvalue weighted by Crippen LogP contribution is 2.22. The first-order chi connectivity index (χ1) is 11.9. The van der Waals surface area contributed by atoms with Crippen LogP contribution in [0.4, 0.5) is 0 Å². The summed E-state index contributed by atoms with van der Waals surface area (Å²) < 4.78 is 5.91. The fourth-order valence-electron chi connectivity index (χ4n) is 2.91. The van der Waals surface area contributed by atoms with Crippen molar-refractivity contribution in [2.45, 2.75) is 39.7 Å². The normalized spacial score (nSPS) is 17.4. The van der Waals surface area contributed by atoms with Crippen molar-refractivity contribution in [2.75, 3.05) is 13.1 Å². The SMILES string of the molecule is CC(=O)c1ccc(C(=O)N2CCCC(Oc3nc(C)cc(C)n3)C2)s1. The van der Waals surface area contributed by atoms with Crippen LogP contribution in [0.2, 0.25) is 0 Å². The molecule has 1 amide bonds. The molecule has 1 unspecified atom stereocenters. The predicted octanol–water partition coefficient (Wildman–Crippen LogP) is 3.04. The maximum Gasteiger partial charge on any atom is 0.317 e. The lowest BCUT2D eigenvalue weighted by Crippen LogP contribution is -2.44. The number of thiophene rings is 1. The number of aryl methyl sites for hydroxylation is 2. The van der Waals surface area contributed by atoms with E-state index in [0.717, 1.165) is 24.2 Å². The molecule has 1 atom stereocenters. The number of aromatic nitrogens is 2. The first kappa shape index (κ1) is 17.5. The van der Waals surface area contributed by atoms with Gasteiger partial charge in [-0.1, -0.05) is 0 Å². The lowest BCUT2D eigenvalue weighted by Gasteiger charge is -2.32. The third kappa shape index (κ3) is 4.22. The molecule has 6 nitrogen and oxygen atoms in total. The Labute approximate surface area is 150 Å². The predicted molar refractivity (Wildman–Crippen MR) is 95.4 cm³/mol. The lowest BCUT2D eigenvalue weighted by atomic mass is 10.1. The van der Waals surface area contributed by atoms with Crippen LogP contribution < -0.4 is 4.74 Å². The molecule has 3 heterocycles. The van der Waals surface area contributed by atoms with Gasteiger partial charge in [-0.3, -0.25) is 9.59 Å².